The van der Waals surface area contributed by atoms with Crippen LogP contribution in [0.3, 0.4) is 0 Å². The van der Waals surface area contributed by atoms with E-state index >= 15 is 4.39 Å². The summed E-state index contributed by atoms with van der Waals surface area (Å²) < 4.78 is 45.4. The molecule has 2 unspecified atom stereocenters. The number of aromatic amines is 1. The number of amides is 1. The highest BCUT2D eigenvalue weighted by molar-refractivity contribution is 7.86. The van der Waals surface area contributed by atoms with E-state index in [2.05, 4.69) is 10.2 Å². The predicted octanol–water partition coefficient (Wildman–Crippen LogP) is 2.40. The molecule has 11 heteroatoms. The van der Waals surface area contributed by atoms with Crippen molar-refractivity contribution in [2.45, 2.75) is 30.9 Å². The fraction of sp³-hybridized carbons (Fsp3) is 0.292. The summed E-state index contributed by atoms with van der Waals surface area (Å²) in [6, 6.07) is 13.9. The molecule has 0 aliphatic carbocycles. The maximum Gasteiger partial charge on any atom is 0.278 e. The van der Waals surface area contributed by atoms with Crippen LogP contribution >= 0.6 is 0 Å². The Labute approximate surface area is 201 Å². The number of aromatic nitrogens is 2. The van der Waals surface area contributed by atoms with Crippen molar-refractivity contribution >= 4 is 16.0 Å². The van der Waals surface area contributed by atoms with Crippen LogP contribution < -0.4 is 5.43 Å². The van der Waals surface area contributed by atoms with Gasteiger partial charge in [0.25, 0.3) is 21.5 Å². The number of benzene rings is 2. The van der Waals surface area contributed by atoms with Gasteiger partial charge in [-0.3, -0.25) is 18.9 Å². The van der Waals surface area contributed by atoms with Gasteiger partial charge in [-0.15, -0.1) is 0 Å². The molecule has 1 saturated heterocycles. The SMILES string of the molecule is CS(=O)(=O)OC(C(c1ccccc1)c1ccccc1F)[C@H]1CCCN1C(=O)c1n[nH]cc(O)c1=O. The van der Waals surface area contributed by atoms with Gasteiger partial charge in [-0.2, -0.15) is 13.5 Å². The maximum atomic E-state index is 15.1. The number of H-pyrrole nitrogens is 1. The summed E-state index contributed by atoms with van der Waals surface area (Å²) in [5.74, 6) is -2.89. The van der Waals surface area contributed by atoms with Gasteiger partial charge in [-0.05, 0) is 30.0 Å². The van der Waals surface area contributed by atoms with E-state index in [1.807, 2.05) is 0 Å². The number of nitrogens with one attached hydrogen (secondary N) is 1. The molecule has 1 aromatic heterocycles. The standard InChI is InChI=1S/C24H24FN3O6S/c1-35(32,33)34-23(20(15-8-3-2-4-9-15)16-10-5-6-11-17(16)25)18-12-7-13-28(18)24(31)21-22(30)19(29)14-26-27-21/h2-6,8-11,14,18,20,23H,7,12-13H2,1H3,(H,26,30)(H,27,29)/t18-,20?,23?/m1/s1. The number of aromatic hydroxyl groups is 1. The van der Waals surface area contributed by atoms with E-state index in [9.17, 15) is 23.1 Å². The first-order chi connectivity index (χ1) is 16.7. The zero-order valence-corrected chi connectivity index (χ0v) is 19.6. The number of rotatable bonds is 7. The number of likely N-dealkylation sites (tertiary alicyclic amines) is 1. The summed E-state index contributed by atoms with van der Waals surface area (Å²) >= 11 is 0. The third-order valence-corrected chi connectivity index (χ3v) is 6.55. The van der Waals surface area contributed by atoms with Crippen LogP contribution in [0.2, 0.25) is 0 Å². The number of hydrogen-bond acceptors (Lipinski definition) is 7. The molecule has 0 bridgehead atoms. The fourth-order valence-electron chi connectivity index (χ4n) is 4.54. The van der Waals surface area contributed by atoms with Crippen LogP contribution in [0.15, 0.2) is 65.6 Å². The molecule has 1 aliphatic rings. The second kappa shape index (κ2) is 9.96. The molecular weight excluding hydrogens is 477 g/mol. The Balaban J connectivity index is 1.84. The van der Waals surface area contributed by atoms with Crippen molar-refractivity contribution in [3.8, 4) is 5.75 Å². The Morgan fingerprint density at radius 1 is 1.20 bits per heavy atom. The first kappa shape index (κ1) is 24.6. The Bertz CT molecular complexity index is 1380. The molecule has 0 radical (unpaired) electrons. The van der Waals surface area contributed by atoms with E-state index < -0.39 is 56.8 Å². The highest BCUT2D eigenvalue weighted by Crippen LogP contribution is 2.38. The fourth-order valence-corrected chi connectivity index (χ4v) is 5.18. The van der Waals surface area contributed by atoms with Crippen molar-refractivity contribution < 1.29 is 26.9 Å². The van der Waals surface area contributed by atoms with Gasteiger partial charge >= 0.3 is 0 Å². The normalized spacial score (nSPS) is 17.8. The lowest BCUT2D eigenvalue weighted by Crippen LogP contribution is -2.48. The number of carbonyl (C=O) groups is 1. The van der Waals surface area contributed by atoms with Gasteiger partial charge in [-0.25, -0.2) is 4.39 Å². The molecule has 184 valence electrons. The van der Waals surface area contributed by atoms with Crippen molar-refractivity contribution in [1.82, 2.24) is 15.1 Å². The van der Waals surface area contributed by atoms with E-state index in [0.717, 1.165) is 12.5 Å². The Morgan fingerprint density at radius 2 is 1.89 bits per heavy atom. The largest absolute Gasteiger partial charge is 0.503 e. The summed E-state index contributed by atoms with van der Waals surface area (Å²) in [5, 5.41) is 15.8. The second-order valence-electron chi connectivity index (χ2n) is 8.33. The smallest absolute Gasteiger partial charge is 0.278 e. The van der Waals surface area contributed by atoms with Crippen molar-refractivity contribution in [2.75, 3.05) is 12.8 Å². The first-order valence-corrected chi connectivity index (χ1v) is 12.7. The van der Waals surface area contributed by atoms with E-state index in [1.165, 1.54) is 17.0 Å². The zero-order chi connectivity index (χ0) is 25.2. The van der Waals surface area contributed by atoms with Gasteiger partial charge in [0.15, 0.2) is 11.4 Å². The van der Waals surface area contributed by atoms with Crippen molar-refractivity contribution in [1.29, 1.82) is 0 Å². The molecule has 1 amide bonds. The average molecular weight is 502 g/mol. The molecule has 0 saturated carbocycles. The Morgan fingerprint density at radius 3 is 2.57 bits per heavy atom. The minimum Gasteiger partial charge on any atom is -0.503 e. The summed E-state index contributed by atoms with van der Waals surface area (Å²) in [6.45, 7) is 0.197. The minimum atomic E-state index is -4.05. The Hall–Kier alpha value is -3.57. The van der Waals surface area contributed by atoms with Crippen molar-refractivity contribution in [2.24, 2.45) is 0 Å². The molecule has 2 aromatic carbocycles. The molecule has 4 rings (SSSR count). The van der Waals surface area contributed by atoms with Gasteiger partial charge in [-0.1, -0.05) is 48.5 Å². The predicted molar refractivity (Wildman–Crippen MR) is 125 cm³/mol. The molecule has 3 aromatic rings. The molecule has 9 nitrogen and oxygen atoms in total. The number of nitrogens with zero attached hydrogens (tertiary/aromatic N) is 2. The summed E-state index contributed by atoms with van der Waals surface area (Å²) in [7, 11) is -4.05. The molecule has 2 heterocycles. The van der Waals surface area contributed by atoms with Crippen LogP contribution in [0.1, 0.15) is 40.4 Å². The monoisotopic (exact) mass is 501 g/mol. The quantitative estimate of drug-likeness (QED) is 0.476. The molecule has 1 aliphatic heterocycles. The summed E-state index contributed by atoms with van der Waals surface area (Å²) in [4.78, 5) is 27.0. The molecular formula is C24H24FN3O6S. The highest BCUT2D eigenvalue weighted by atomic mass is 32.2. The lowest BCUT2D eigenvalue weighted by Gasteiger charge is -2.36. The lowest BCUT2D eigenvalue weighted by atomic mass is 9.82. The van der Waals surface area contributed by atoms with Gasteiger partial charge in [0.05, 0.1) is 18.5 Å². The van der Waals surface area contributed by atoms with Gasteiger partial charge in [0.1, 0.15) is 11.9 Å². The maximum absolute atomic E-state index is 15.1. The number of hydrogen-bond donors (Lipinski definition) is 2. The first-order valence-electron chi connectivity index (χ1n) is 10.9. The van der Waals surface area contributed by atoms with Crippen LogP contribution in [-0.4, -0.2) is 59.5 Å². The summed E-state index contributed by atoms with van der Waals surface area (Å²) in [6.07, 6.45) is 1.49. The van der Waals surface area contributed by atoms with Gasteiger partial charge in [0, 0.05) is 12.5 Å². The average Bonchev–Trinajstić information content (AvgIpc) is 3.31. The molecule has 35 heavy (non-hydrogen) atoms. The van der Waals surface area contributed by atoms with Crippen molar-refractivity contribution in [3.63, 3.8) is 0 Å². The Kier molecular flexibility index (Phi) is 6.99. The third kappa shape index (κ3) is 5.25. The third-order valence-electron chi connectivity index (χ3n) is 5.98. The minimum absolute atomic E-state index is 0.197. The molecule has 2 N–H and O–H groups in total. The zero-order valence-electron chi connectivity index (χ0n) is 18.8. The number of halogens is 1. The molecule has 3 atom stereocenters. The van der Waals surface area contributed by atoms with Crippen LogP contribution in [0, 0.1) is 5.82 Å². The van der Waals surface area contributed by atoms with Crippen molar-refractivity contribution in [3.05, 3.63) is 93.7 Å². The summed E-state index contributed by atoms with van der Waals surface area (Å²) in [5.41, 5.74) is -0.676. The van der Waals surface area contributed by atoms with Crippen LogP contribution in [0.4, 0.5) is 4.39 Å². The van der Waals surface area contributed by atoms with E-state index in [4.69, 9.17) is 4.18 Å². The van der Waals surface area contributed by atoms with E-state index in [1.54, 1.807) is 42.5 Å². The molecule has 0 spiro atoms. The van der Waals surface area contributed by atoms with Gasteiger partial charge < -0.3 is 10.0 Å². The lowest BCUT2D eigenvalue weighted by molar-refractivity contribution is 0.0526. The highest BCUT2D eigenvalue weighted by Gasteiger charge is 2.44. The molecule has 1 fully saturated rings. The topological polar surface area (TPSA) is 130 Å². The van der Waals surface area contributed by atoms with E-state index in [-0.39, 0.29) is 12.1 Å². The second-order valence-corrected chi connectivity index (χ2v) is 9.93. The number of carbonyl (C=O) groups excluding carboxylic acids is 1. The van der Waals surface area contributed by atoms with Crippen LogP contribution in [0.5, 0.6) is 5.75 Å². The van der Waals surface area contributed by atoms with E-state index in [0.29, 0.717) is 18.4 Å². The van der Waals surface area contributed by atoms with Crippen LogP contribution in [-0.2, 0) is 14.3 Å². The van der Waals surface area contributed by atoms with Crippen LogP contribution in [0.25, 0.3) is 0 Å². The van der Waals surface area contributed by atoms with Gasteiger partial charge in [0.2, 0.25) is 0 Å².